The van der Waals surface area contributed by atoms with E-state index in [0.29, 0.717) is 0 Å². The average Bonchev–Trinajstić information content (AvgIpc) is 2.15. The van der Waals surface area contributed by atoms with E-state index in [1.54, 1.807) is 6.08 Å². The fraction of sp³-hybridized carbons (Fsp3) is 0.333. The fourth-order valence-corrected chi connectivity index (χ4v) is 1.35. The first-order valence-electron chi connectivity index (χ1n) is 4.60. The second-order valence-electron chi connectivity index (χ2n) is 3.36. The van der Waals surface area contributed by atoms with Gasteiger partial charge in [-0.25, -0.2) is 0 Å². The molecule has 0 radical (unpaired) electrons. The normalized spacial score (nSPS) is 18.7. The Hall–Kier alpha value is -1.08. The maximum Gasteiger partial charge on any atom is 0.0166 e. The lowest BCUT2D eigenvalue weighted by Crippen LogP contribution is -2.24. The van der Waals surface area contributed by atoms with Crippen molar-refractivity contribution in [1.29, 1.82) is 0 Å². The third kappa shape index (κ3) is 3.03. The van der Waals surface area contributed by atoms with Gasteiger partial charge < -0.3 is 4.90 Å². The zero-order valence-electron chi connectivity index (χ0n) is 8.29. The summed E-state index contributed by atoms with van der Waals surface area (Å²) in [5.74, 6) is 0. The molecule has 0 aliphatic carbocycles. The van der Waals surface area contributed by atoms with Gasteiger partial charge in [-0.2, -0.15) is 0 Å². The van der Waals surface area contributed by atoms with Gasteiger partial charge in [0.15, 0.2) is 0 Å². The first-order chi connectivity index (χ1) is 6.24. The van der Waals surface area contributed by atoms with Gasteiger partial charge in [0.05, 0.1) is 0 Å². The van der Waals surface area contributed by atoms with E-state index in [1.807, 2.05) is 12.2 Å². The Morgan fingerprint density at radius 2 is 2.38 bits per heavy atom. The highest BCUT2D eigenvalue weighted by Gasteiger charge is 2.07. The SMILES string of the molecule is C=C/C=C\C(=C)C1=CCN(C)CC1. The van der Waals surface area contributed by atoms with E-state index in [1.165, 1.54) is 5.57 Å². The zero-order chi connectivity index (χ0) is 9.68. The average molecular weight is 175 g/mol. The van der Waals surface area contributed by atoms with Crippen LogP contribution in [0.25, 0.3) is 0 Å². The van der Waals surface area contributed by atoms with Gasteiger partial charge in [0.1, 0.15) is 0 Å². The zero-order valence-corrected chi connectivity index (χ0v) is 8.29. The van der Waals surface area contributed by atoms with Gasteiger partial charge in [0.2, 0.25) is 0 Å². The molecular weight excluding hydrogens is 158 g/mol. The smallest absolute Gasteiger partial charge is 0.0166 e. The summed E-state index contributed by atoms with van der Waals surface area (Å²) in [6.07, 6.45) is 9.09. The molecule has 0 saturated carbocycles. The molecule has 1 heterocycles. The Bertz CT molecular complexity index is 258. The number of allylic oxidation sites excluding steroid dienone is 4. The molecule has 0 unspecified atom stereocenters. The second-order valence-corrected chi connectivity index (χ2v) is 3.36. The third-order valence-electron chi connectivity index (χ3n) is 2.26. The van der Waals surface area contributed by atoms with Crippen LogP contribution in [0.15, 0.2) is 48.6 Å². The molecule has 0 saturated heterocycles. The summed E-state index contributed by atoms with van der Waals surface area (Å²) >= 11 is 0. The molecule has 0 bridgehead atoms. The highest BCUT2D eigenvalue weighted by atomic mass is 15.1. The topological polar surface area (TPSA) is 3.24 Å². The Kier molecular flexibility index (Phi) is 3.71. The maximum absolute atomic E-state index is 4.02. The van der Waals surface area contributed by atoms with Crippen LogP contribution in [0.4, 0.5) is 0 Å². The Labute approximate surface area is 80.7 Å². The van der Waals surface area contributed by atoms with Crippen LogP contribution in [0.2, 0.25) is 0 Å². The van der Waals surface area contributed by atoms with Crippen molar-refractivity contribution in [2.24, 2.45) is 0 Å². The number of hydrogen-bond acceptors (Lipinski definition) is 1. The first kappa shape index (κ1) is 10.0. The van der Waals surface area contributed by atoms with Gasteiger partial charge in [-0.3, -0.25) is 0 Å². The van der Waals surface area contributed by atoms with Gasteiger partial charge in [-0.05, 0) is 24.6 Å². The molecule has 0 aromatic rings. The molecule has 1 heteroatoms. The van der Waals surface area contributed by atoms with E-state index in [-0.39, 0.29) is 0 Å². The second kappa shape index (κ2) is 4.83. The monoisotopic (exact) mass is 175 g/mol. The molecular formula is C12H17N. The summed E-state index contributed by atoms with van der Waals surface area (Å²) in [7, 11) is 2.13. The molecule has 0 fully saturated rings. The highest BCUT2D eigenvalue weighted by molar-refractivity contribution is 5.39. The minimum absolute atomic E-state index is 1.04. The van der Waals surface area contributed by atoms with Crippen molar-refractivity contribution in [3.63, 3.8) is 0 Å². The van der Waals surface area contributed by atoms with Crippen LogP contribution in [0, 0.1) is 0 Å². The summed E-state index contributed by atoms with van der Waals surface area (Å²) < 4.78 is 0. The molecule has 0 aromatic heterocycles. The molecule has 13 heavy (non-hydrogen) atoms. The predicted molar refractivity (Wildman–Crippen MR) is 58.7 cm³/mol. The fourth-order valence-electron chi connectivity index (χ4n) is 1.35. The first-order valence-corrected chi connectivity index (χ1v) is 4.60. The minimum atomic E-state index is 1.04. The Balaban J connectivity index is 2.57. The number of hydrogen-bond donors (Lipinski definition) is 0. The van der Waals surface area contributed by atoms with E-state index < -0.39 is 0 Å². The summed E-state index contributed by atoms with van der Waals surface area (Å²) in [6.45, 7) is 9.82. The van der Waals surface area contributed by atoms with E-state index in [9.17, 15) is 0 Å². The quantitative estimate of drug-likeness (QED) is 0.596. The van der Waals surface area contributed by atoms with Gasteiger partial charge in [0, 0.05) is 13.1 Å². The van der Waals surface area contributed by atoms with E-state index in [0.717, 1.165) is 25.1 Å². The molecule has 1 aliphatic rings. The van der Waals surface area contributed by atoms with E-state index in [2.05, 4.69) is 31.2 Å². The molecule has 70 valence electrons. The van der Waals surface area contributed by atoms with Crippen molar-refractivity contribution < 1.29 is 0 Å². The molecule has 1 nitrogen and oxygen atoms in total. The van der Waals surface area contributed by atoms with Crippen molar-refractivity contribution in [3.8, 4) is 0 Å². The summed E-state index contributed by atoms with van der Waals surface area (Å²) in [6, 6.07) is 0. The summed E-state index contributed by atoms with van der Waals surface area (Å²) in [5, 5.41) is 0. The van der Waals surface area contributed by atoms with Crippen LogP contribution in [0.1, 0.15) is 6.42 Å². The van der Waals surface area contributed by atoms with Crippen molar-refractivity contribution >= 4 is 0 Å². The number of rotatable bonds is 3. The predicted octanol–water partition coefficient (Wildman–Crippen LogP) is 2.55. The van der Waals surface area contributed by atoms with E-state index >= 15 is 0 Å². The Morgan fingerprint density at radius 3 is 2.92 bits per heavy atom. The van der Waals surface area contributed by atoms with Crippen LogP contribution >= 0.6 is 0 Å². The third-order valence-corrected chi connectivity index (χ3v) is 2.26. The van der Waals surface area contributed by atoms with Gasteiger partial charge in [-0.1, -0.05) is 37.5 Å². The van der Waals surface area contributed by atoms with Crippen LogP contribution < -0.4 is 0 Å². The van der Waals surface area contributed by atoms with Gasteiger partial charge in [0.25, 0.3) is 0 Å². The van der Waals surface area contributed by atoms with Crippen LogP contribution in [0.5, 0.6) is 0 Å². The largest absolute Gasteiger partial charge is 0.302 e. The molecule has 0 spiro atoms. The summed E-state index contributed by atoms with van der Waals surface area (Å²) in [4.78, 5) is 2.30. The lowest BCUT2D eigenvalue weighted by Gasteiger charge is -2.22. The van der Waals surface area contributed by atoms with Crippen LogP contribution in [-0.4, -0.2) is 25.0 Å². The Morgan fingerprint density at radius 1 is 1.62 bits per heavy atom. The van der Waals surface area contributed by atoms with Gasteiger partial charge >= 0.3 is 0 Å². The van der Waals surface area contributed by atoms with E-state index in [4.69, 9.17) is 0 Å². The lowest BCUT2D eigenvalue weighted by molar-refractivity contribution is 0.361. The number of nitrogens with zero attached hydrogens (tertiary/aromatic N) is 1. The lowest BCUT2D eigenvalue weighted by atomic mass is 10.0. The number of likely N-dealkylation sites (N-methyl/N-ethyl adjacent to an activating group) is 1. The minimum Gasteiger partial charge on any atom is -0.302 e. The molecule has 0 N–H and O–H groups in total. The van der Waals surface area contributed by atoms with Gasteiger partial charge in [-0.15, -0.1) is 0 Å². The molecule has 0 aromatic carbocycles. The molecule has 1 rings (SSSR count). The van der Waals surface area contributed by atoms with Crippen molar-refractivity contribution in [2.45, 2.75) is 6.42 Å². The molecule has 1 aliphatic heterocycles. The molecule has 0 amide bonds. The highest BCUT2D eigenvalue weighted by Crippen LogP contribution is 2.17. The van der Waals surface area contributed by atoms with Crippen LogP contribution in [0.3, 0.4) is 0 Å². The van der Waals surface area contributed by atoms with Crippen molar-refractivity contribution in [1.82, 2.24) is 4.90 Å². The maximum atomic E-state index is 4.02. The van der Waals surface area contributed by atoms with Crippen molar-refractivity contribution in [2.75, 3.05) is 20.1 Å². The van der Waals surface area contributed by atoms with Crippen molar-refractivity contribution in [3.05, 3.63) is 48.6 Å². The standard InChI is InChI=1S/C12H17N/c1-4-5-6-11(2)12-7-9-13(3)10-8-12/h4-7H,1-2,8-10H2,3H3/b6-5-. The summed E-state index contributed by atoms with van der Waals surface area (Å²) in [5.41, 5.74) is 2.49. The van der Waals surface area contributed by atoms with Crippen LogP contribution in [-0.2, 0) is 0 Å². The molecule has 0 atom stereocenters.